The molecule has 0 aromatic heterocycles. The Hall–Kier alpha value is -1.99. The van der Waals surface area contributed by atoms with E-state index in [9.17, 15) is 19.2 Å². The van der Waals surface area contributed by atoms with E-state index in [-0.39, 0.29) is 34.9 Å². The fourth-order valence-electron chi connectivity index (χ4n) is 7.84. The summed E-state index contributed by atoms with van der Waals surface area (Å²) in [5.74, 6) is -1.50. The van der Waals surface area contributed by atoms with Gasteiger partial charge in [0.25, 0.3) is 0 Å². The lowest BCUT2D eigenvalue weighted by molar-refractivity contribution is -0.187. The molecule has 1 heterocycles. The lowest BCUT2D eigenvalue weighted by Gasteiger charge is -2.56. The minimum Gasteiger partial charge on any atom is -0.458 e. The maximum absolute atomic E-state index is 13.5. The monoisotopic (exact) mass is 476 g/mol. The van der Waals surface area contributed by atoms with Crippen LogP contribution in [0.25, 0.3) is 0 Å². The van der Waals surface area contributed by atoms with Crippen molar-refractivity contribution < 1.29 is 33.4 Å². The number of rotatable bonds is 4. The van der Waals surface area contributed by atoms with E-state index in [0.29, 0.717) is 25.7 Å². The second-order valence-electron chi connectivity index (χ2n) is 10.6. The molecule has 8 heteroatoms. The van der Waals surface area contributed by atoms with Crippen LogP contribution in [-0.2, 0) is 33.4 Å². The number of allylic oxidation sites excluding steroid dienone is 2. The third-order valence-electron chi connectivity index (χ3n) is 9.22. The largest absolute Gasteiger partial charge is 0.458 e. The number of esters is 2. The number of epoxide rings is 1. The summed E-state index contributed by atoms with van der Waals surface area (Å²) in [6.45, 7) is 6.21. The molecule has 0 unspecified atom stereocenters. The van der Waals surface area contributed by atoms with Gasteiger partial charge in [-0.15, -0.1) is 11.6 Å². The lowest BCUT2D eigenvalue weighted by Crippen LogP contribution is -2.63. The van der Waals surface area contributed by atoms with Crippen LogP contribution in [0.5, 0.6) is 0 Å². The Labute approximate surface area is 197 Å². The summed E-state index contributed by atoms with van der Waals surface area (Å²) in [5.41, 5.74) is -2.16. The second-order valence-corrected chi connectivity index (χ2v) is 11.2. The molecule has 33 heavy (non-hydrogen) atoms. The highest BCUT2D eigenvalue weighted by Gasteiger charge is 2.82. The molecular weight excluding hydrogens is 448 g/mol. The van der Waals surface area contributed by atoms with E-state index in [1.165, 1.54) is 13.8 Å². The van der Waals surface area contributed by atoms with Crippen molar-refractivity contribution in [3.05, 3.63) is 23.8 Å². The number of hydrogen-bond acceptors (Lipinski definition) is 7. The van der Waals surface area contributed by atoms with E-state index < -0.39 is 40.6 Å². The van der Waals surface area contributed by atoms with Gasteiger partial charge in [-0.3, -0.25) is 19.2 Å². The van der Waals surface area contributed by atoms with Gasteiger partial charge in [-0.2, -0.15) is 0 Å². The van der Waals surface area contributed by atoms with Crippen LogP contribution < -0.4 is 0 Å². The van der Waals surface area contributed by atoms with Crippen molar-refractivity contribution in [1.82, 2.24) is 0 Å². The molecule has 4 aliphatic carbocycles. The van der Waals surface area contributed by atoms with Crippen molar-refractivity contribution in [2.75, 3.05) is 6.61 Å². The van der Waals surface area contributed by atoms with Crippen molar-refractivity contribution in [3.63, 3.8) is 0 Å². The quantitative estimate of drug-likeness (QED) is 0.349. The lowest BCUT2D eigenvalue weighted by atomic mass is 9.46. The Morgan fingerprint density at radius 1 is 1.18 bits per heavy atom. The van der Waals surface area contributed by atoms with Crippen molar-refractivity contribution >= 4 is 35.1 Å². The first-order valence-corrected chi connectivity index (χ1v) is 12.0. The molecule has 178 valence electrons. The normalized spacial score (nSPS) is 46.8. The number of carbonyl (C=O) groups excluding carboxylic acids is 4. The Balaban J connectivity index is 1.56. The summed E-state index contributed by atoms with van der Waals surface area (Å²) in [6, 6.07) is 0. The molecule has 1 aliphatic heterocycles. The van der Waals surface area contributed by atoms with Crippen LogP contribution >= 0.6 is 11.6 Å². The molecule has 0 aromatic rings. The average Bonchev–Trinajstić information content (AvgIpc) is 3.38. The van der Waals surface area contributed by atoms with Gasteiger partial charge in [-0.25, -0.2) is 0 Å². The molecule has 5 aliphatic rings. The highest BCUT2D eigenvalue weighted by molar-refractivity contribution is 6.23. The molecule has 8 atom stereocenters. The van der Waals surface area contributed by atoms with Gasteiger partial charge >= 0.3 is 11.9 Å². The molecule has 0 radical (unpaired) electrons. The van der Waals surface area contributed by atoms with Crippen LogP contribution in [0.2, 0.25) is 0 Å². The number of Topliss-reactive ketones (excluding diaryl/α,β-unsaturated/α-hetero) is 1. The Bertz CT molecular complexity index is 1030. The summed E-state index contributed by atoms with van der Waals surface area (Å²) in [5, 5.41) is -0.327. The molecule has 3 saturated carbocycles. The first-order chi connectivity index (χ1) is 15.4. The second kappa shape index (κ2) is 7.01. The summed E-state index contributed by atoms with van der Waals surface area (Å²) in [6.07, 6.45) is 7.21. The van der Waals surface area contributed by atoms with Gasteiger partial charge in [-0.1, -0.05) is 13.0 Å². The highest BCUT2D eigenvalue weighted by Crippen LogP contribution is 2.76. The predicted molar refractivity (Wildman–Crippen MR) is 117 cm³/mol. The van der Waals surface area contributed by atoms with Crippen molar-refractivity contribution in [1.29, 1.82) is 0 Å². The van der Waals surface area contributed by atoms with Crippen LogP contribution in [-0.4, -0.2) is 52.8 Å². The SMILES string of the molecule is CC(=O)OCC(=O)[C@@]1(OC(C)=O)CC[C@H]2[C@@H]3C[C@H](Cl)C4=CC(=O)C=C[C@]4(C)[C@@]34O[C@H]4C[C@@]21C. The third-order valence-corrected chi connectivity index (χ3v) is 9.63. The maximum atomic E-state index is 13.5. The smallest absolute Gasteiger partial charge is 0.303 e. The molecule has 7 nitrogen and oxygen atoms in total. The third kappa shape index (κ3) is 2.78. The van der Waals surface area contributed by atoms with Gasteiger partial charge in [0.1, 0.15) is 5.60 Å². The average molecular weight is 477 g/mol. The first kappa shape index (κ1) is 22.8. The molecule has 1 saturated heterocycles. The van der Waals surface area contributed by atoms with Crippen LogP contribution in [0.3, 0.4) is 0 Å². The Morgan fingerprint density at radius 2 is 1.91 bits per heavy atom. The van der Waals surface area contributed by atoms with E-state index in [1.54, 1.807) is 12.2 Å². The van der Waals surface area contributed by atoms with Crippen molar-refractivity contribution in [2.45, 2.75) is 76.1 Å². The molecule has 1 spiro atoms. The van der Waals surface area contributed by atoms with E-state index in [1.807, 2.05) is 13.0 Å². The molecule has 0 N–H and O–H groups in total. The van der Waals surface area contributed by atoms with Crippen LogP contribution in [0.4, 0.5) is 0 Å². The molecule has 0 bridgehead atoms. The number of ether oxygens (including phenoxy) is 3. The van der Waals surface area contributed by atoms with Crippen LogP contribution in [0, 0.1) is 22.7 Å². The molecular formula is C25H29ClO7. The fourth-order valence-corrected chi connectivity index (χ4v) is 8.32. The van der Waals surface area contributed by atoms with Crippen molar-refractivity contribution in [3.8, 4) is 0 Å². The van der Waals surface area contributed by atoms with Crippen molar-refractivity contribution in [2.24, 2.45) is 22.7 Å². The Morgan fingerprint density at radius 3 is 2.58 bits per heavy atom. The number of halogens is 1. The number of fused-ring (bicyclic) bond motifs is 3. The number of alkyl halides is 1. The van der Waals surface area contributed by atoms with E-state index in [2.05, 4.69) is 6.92 Å². The zero-order valence-corrected chi connectivity index (χ0v) is 20.1. The molecule has 4 fully saturated rings. The van der Waals surface area contributed by atoms with Gasteiger partial charge in [-0.05, 0) is 62.2 Å². The number of ketones is 2. The fraction of sp³-hybridized carbons (Fsp3) is 0.680. The van der Waals surface area contributed by atoms with Gasteiger partial charge in [0.05, 0.1) is 11.5 Å². The van der Waals surface area contributed by atoms with E-state index >= 15 is 0 Å². The summed E-state index contributed by atoms with van der Waals surface area (Å²) < 4.78 is 17.4. The van der Waals surface area contributed by atoms with Gasteiger partial charge < -0.3 is 14.2 Å². The molecule has 5 rings (SSSR count). The maximum Gasteiger partial charge on any atom is 0.303 e. The summed E-state index contributed by atoms with van der Waals surface area (Å²) >= 11 is 6.86. The predicted octanol–water partition coefficient (Wildman–Crippen LogP) is 3.08. The number of hydrogen-bond donors (Lipinski definition) is 0. The standard InChI is InChI=1S/C25H29ClO7/c1-13(27)31-12-20(30)24(32-14(2)28)8-6-16-17-10-19(26)18-9-15(29)5-7-22(18,3)25(17)21(33-25)11-23(16,24)4/h5,7,9,16-17,19,21H,6,8,10-12H2,1-4H3/t16-,17-,19-,21-,22-,23-,24-,25+/m0/s1. The number of carbonyl (C=O) groups is 4. The molecule has 0 amide bonds. The zero-order valence-electron chi connectivity index (χ0n) is 19.3. The van der Waals surface area contributed by atoms with Crippen LogP contribution in [0.15, 0.2) is 23.8 Å². The Kier molecular flexibility index (Phi) is 4.84. The van der Waals surface area contributed by atoms with E-state index in [4.69, 9.17) is 25.8 Å². The van der Waals surface area contributed by atoms with E-state index in [0.717, 1.165) is 5.57 Å². The van der Waals surface area contributed by atoms with Gasteiger partial charge in [0.15, 0.2) is 18.0 Å². The molecule has 0 aromatic carbocycles. The first-order valence-electron chi connectivity index (χ1n) is 11.5. The zero-order chi connectivity index (χ0) is 24.0. The minimum absolute atomic E-state index is 0.0162. The highest BCUT2D eigenvalue weighted by atomic mass is 35.5. The topological polar surface area (TPSA) is 99.3 Å². The van der Waals surface area contributed by atoms with Crippen LogP contribution in [0.1, 0.15) is 53.4 Å². The summed E-state index contributed by atoms with van der Waals surface area (Å²) in [7, 11) is 0. The minimum atomic E-state index is -1.38. The van der Waals surface area contributed by atoms with Gasteiger partial charge in [0.2, 0.25) is 5.78 Å². The summed E-state index contributed by atoms with van der Waals surface area (Å²) in [4.78, 5) is 49.1. The van der Waals surface area contributed by atoms with Gasteiger partial charge in [0, 0.05) is 24.7 Å².